The minimum absolute atomic E-state index is 0.0908. The van der Waals surface area contributed by atoms with E-state index in [0.717, 1.165) is 0 Å². The Morgan fingerprint density at radius 1 is 1.50 bits per heavy atom. The van der Waals surface area contributed by atoms with E-state index in [0.29, 0.717) is 6.54 Å². The van der Waals surface area contributed by atoms with Crippen molar-refractivity contribution in [2.24, 2.45) is 0 Å². The molecule has 0 aliphatic rings. The van der Waals surface area contributed by atoms with Crippen molar-refractivity contribution < 1.29 is 9.59 Å². The standard InChI is InChI=1S/C9H15N5O2/c1-2-11-8(15)3-4-12-9(16)6-5-7(10)14-13-6/h5H,2-4H2,1H3,(H,11,15)(H,12,16)(H3,10,13,14). The van der Waals surface area contributed by atoms with E-state index >= 15 is 0 Å². The van der Waals surface area contributed by atoms with E-state index in [9.17, 15) is 9.59 Å². The molecule has 5 N–H and O–H groups in total. The molecule has 7 nitrogen and oxygen atoms in total. The summed E-state index contributed by atoms with van der Waals surface area (Å²) < 4.78 is 0. The van der Waals surface area contributed by atoms with Crippen LogP contribution in [0.25, 0.3) is 0 Å². The van der Waals surface area contributed by atoms with E-state index < -0.39 is 0 Å². The summed E-state index contributed by atoms with van der Waals surface area (Å²) in [6, 6.07) is 1.43. The highest BCUT2D eigenvalue weighted by Gasteiger charge is 2.08. The van der Waals surface area contributed by atoms with Crippen molar-refractivity contribution in [3.8, 4) is 0 Å². The molecule has 0 atom stereocenters. The number of nitrogens with one attached hydrogen (secondary N) is 3. The molecule has 0 bridgehead atoms. The SMILES string of the molecule is CCNC(=O)CCNC(=O)c1cc(N)n[nH]1. The number of carbonyl (C=O) groups excluding carboxylic acids is 2. The molecule has 1 rings (SSSR count). The highest BCUT2D eigenvalue weighted by molar-refractivity contribution is 5.93. The van der Waals surface area contributed by atoms with E-state index in [-0.39, 0.29) is 36.3 Å². The normalized spacial score (nSPS) is 9.81. The first-order chi connectivity index (χ1) is 7.63. The van der Waals surface area contributed by atoms with Crippen LogP contribution in [0.15, 0.2) is 6.07 Å². The van der Waals surface area contributed by atoms with Gasteiger partial charge in [-0.25, -0.2) is 0 Å². The maximum Gasteiger partial charge on any atom is 0.269 e. The number of aromatic amines is 1. The topological polar surface area (TPSA) is 113 Å². The predicted octanol–water partition coefficient (Wildman–Crippen LogP) is -0.752. The molecule has 16 heavy (non-hydrogen) atoms. The lowest BCUT2D eigenvalue weighted by Gasteiger charge is -2.03. The minimum Gasteiger partial charge on any atom is -0.382 e. The fourth-order valence-electron chi connectivity index (χ4n) is 1.12. The van der Waals surface area contributed by atoms with Gasteiger partial charge in [-0.1, -0.05) is 0 Å². The number of amides is 2. The average Bonchev–Trinajstić information content (AvgIpc) is 2.65. The number of H-pyrrole nitrogens is 1. The van der Waals surface area contributed by atoms with Crippen LogP contribution in [0.4, 0.5) is 5.82 Å². The summed E-state index contributed by atoms with van der Waals surface area (Å²) in [5.41, 5.74) is 5.63. The van der Waals surface area contributed by atoms with Gasteiger partial charge in [0.2, 0.25) is 5.91 Å². The number of nitrogens with zero attached hydrogens (tertiary/aromatic N) is 1. The number of anilines is 1. The van der Waals surface area contributed by atoms with Crippen molar-refractivity contribution in [2.45, 2.75) is 13.3 Å². The molecule has 1 aromatic rings. The molecule has 0 saturated carbocycles. The number of hydrogen-bond donors (Lipinski definition) is 4. The minimum atomic E-state index is -0.325. The molecule has 7 heteroatoms. The Kier molecular flexibility index (Phi) is 4.31. The molecule has 0 aromatic carbocycles. The van der Waals surface area contributed by atoms with Crippen LogP contribution in [0.5, 0.6) is 0 Å². The molecule has 0 spiro atoms. The van der Waals surface area contributed by atoms with Gasteiger partial charge < -0.3 is 16.4 Å². The van der Waals surface area contributed by atoms with Crippen LogP contribution >= 0.6 is 0 Å². The number of aromatic nitrogens is 2. The van der Waals surface area contributed by atoms with Gasteiger partial charge in [-0.15, -0.1) is 0 Å². The molecular formula is C9H15N5O2. The summed E-state index contributed by atoms with van der Waals surface area (Å²) in [4.78, 5) is 22.5. The number of nitrogens with two attached hydrogens (primary N) is 1. The summed E-state index contributed by atoms with van der Waals surface area (Å²) in [7, 11) is 0. The van der Waals surface area contributed by atoms with Crippen molar-refractivity contribution in [2.75, 3.05) is 18.8 Å². The quantitative estimate of drug-likeness (QED) is 0.528. The fraction of sp³-hybridized carbons (Fsp3) is 0.444. The molecule has 0 unspecified atom stereocenters. The number of hydrogen-bond acceptors (Lipinski definition) is 4. The lowest BCUT2D eigenvalue weighted by molar-refractivity contribution is -0.120. The second-order valence-corrected chi connectivity index (χ2v) is 3.17. The molecule has 1 aromatic heterocycles. The maximum absolute atomic E-state index is 11.4. The van der Waals surface area contributed by atoms with Crippen LogP contribution < -0.4 is 16.4 Å². The maximum atomic E-state index is 11.4. The van der Waals surface area contributed by atoms with Crippen LogP contribution in [-0.4, -0.2) is 35.1 Å². The van der Waals surface area contributed by atoms with E-state index in [2.05, 4.69) is 20.8 Å². The van der Waals surface area contributed by atoms with Crippen LogP contribution in [-0.2, 0) is 4.79 Å². The van der Waals surface area contributed by atoms with Gasteiger partial charge >= 0.3 is 0 Å². The van der Waals surface area contributed by atoms with Gasteiger partial charge in [0.15, 0.2) is 0 Å². The molecule has 0 aliphatic carbocycles. The van der Waals surface area contributed by atoms with Crippen LogP contribution in [0, 0.1) is 0 Å². The molecule has 0 fully saturated rings. The largest absolute Gasteiger partial charge is 0.382 e. The van der Waals surface area contributed by atoms with Crippen LogP contribution in [0.1, 0.15) is 23.8 Å². The van der Waals surface area contributed by atoms with Gasteiger partial charge in [-0.2, -0.15) is 5.10 Å². The van der Waals surface area contributed by atoms with Gasteiger partial charge in [-0.3, -0.25) is 14.7 Å². The van der Waals surface area contributed by atoms with Gasteiger partial charge in [-0.05, 0) is 6.92 Å². The summed E-state index contributed by atoms with van der Waals surface area (Å²) in [5.74, 6) is -0.158. The molecule has 0 saturated heterocycles. The zero-order valence-corrected chi connectivity index (χ0v) is 9.04. The number of nitrogen functional groups attached to an aromatic ring is 1. The van der Waals surface area contributed by atoms with Gasteiger partial charge in [0.25, 0.3) is 5.91 Å². The van der Waals surface area contributed by atoms with Crippen molar-refractivity contribution in [1.29, 1.82) is 0 Å². The third-order valence-corrected chi connectivity index (χ3v) is 1.85. The first kappa shape index (κ1) is 12.0. The fourth-order valence-corrected chi connectivity index (χ4v) is 1.12. The number of carbonyl (C=O) groups is 2. The average molecular weight is 225 g/mol. The van der Waals surface area contributed by atoms with Crippen molar-refractivity contribution in [3.05, 3.63) is 11.8 Å². The Balaban J connectivity index is 2.28. The van der Waals surface area contributed by atoms with Crippen LogP contribution in [0.2, 0.25) is 0 Å². The first-order valence-corrected chi connectivity index (χ1v) is 4.99. The molecule has 0 radical (unpaired) electrons. The summed E-state index contributed by atoms with van der Waals surface area (Å²) >= 11 is 0. The second kappa shape index (κ2) is 5.74. The third kappa shape index (κ3) is 3.60. The Labute approximate surface area is 92.8 Å². The smallest absolute Gasteiger partial charge is 0.269 e. The van der Waals surface area contributed by atoms with E-state index in [1.165, 1.54) is 6.07 Å². The van der Waals surface area contributed by atoms with Gasteiger partial charge in [0, 0.05) is 25.6 Å². The van der Waals surface area contributed by atoms with Crippen molar-refractivity contribution in [3.63, 3.8) is 0 Å². The lowest BCUT2D eigenvalue weighted by atomic mass is 10.3. The Hall–Kier alpha value is -2.05. The lowest BCUT2D eigenvalue weighted by Crippen LogP contribution is -2.30. The first-order valence-electron chi connectivity index (χ1n) is 4.99. The van der Waals surface area contributed by atoms with Crippen molar-refractivity contribution >= 4 is 17.6 Å². The zero-order valence-electron chi connectivity index (χ0n) is 9.04. The van der Waals surface area contributed by atoms with Crippen molar-refractivity contribution in [1.82, 2.24) is 20.8 Å². The highest BCUT2D eigenvalue weighted by Crippen LogP contribution is 1.99. The third-order valence-electron chi connectivity index (χ3n) is 1.85. The molecular weight excluding hydrogens is 210 g/mol. The molecule has 0 aliphatic heterocycles. The zero-order chi connectivity index (χ0) is 12.0. The van der Waals surface area contributed by atoms with Crippen LogP contribution in [0.3, 0.4) is 0 Å². The Bertz CT molecular complexity index is 374. The Morgan fingerprint density at radius 2 is 2.25 bits per heavy atom. The van der Waals surface area contributed by atoms with E-state index in [1.54, 1.807) is 0 Å². The van der Waals surface area contributed by atoms with E-state index in [4.69, 9.17) is 5.73 Å². The molecule has 1 heterocycles. The molecule has 88 valence electrons. The monoisotopic (exact) mass is 225 g/mol. The highest BCUT2D eigenvalue weighted by atomic mass is 16.2. The Morgan fingerprint density at radius 3 is 2.81 bits per heavy atom. The van der Waals surface area contributed by atoms with Gasteiger partial charge in [0.05, 0.1) is 0 Å². The van der Waals surface area contributed by atoms with Gasteiger partial charge in [0.1, 0.15) is 11.5 Å². The van der Waals surface area contributed by atoms with E-state index in [1.807, 2.05) is 6.92 Å². The summed E-state index contributed by atoms with van der Waals surface area (Å²) in [6.45, 7) is 2.71. The number of rotatable bonds is 5. The second-order valence-electron chi connectivity index (χ2n) is 3.17. The molecule has 2 amide bonds. The predicted molar refractivity (Wildman–Crippen MR) is 58.6 cm³/mol. The summed E-state index contributed by atoms with van der Waals surface area (Å²) in [5, 5.41) is 11.3. The summed E-state index contributed by atoms with van der Waals surface area (Å²) in [6.07, 6.45) is 0.253.